The van der Waals surface area contributed by atoms with Gasteiger partial charge in [-0.2, -0.15) is 0 Å². The van der Waals surface area contributed by atoms with E-state index in [0.29, 0.717) is 24.6 Å². The fraction of sp³-hybridized carbons (Fsp3) is 0.500. The van der Waals surface area contributed by atoms with E-state index < -0.39 is 6.10 Å². The molecule has 0 bridgehead atoms. The van der Waals surface area contributed by atoms with Crippen molar-refractivity contribution in [2.24, 2.45) is 5.73 Å². The molecule has 2 aliphatic heterocycles. The minimum Gasteiger partial charge on any atom is -0.485 e. The number of carbonyl (C=O) groups excluding carboxylic acids is 1. The lowest BCUT2D eigenvalue weighted by Crippen LogP contribution is -2.50. The predicted molar refractivity (Wildman–Crippen MR) is 70.1 cm³/mol. The minimum absolute atomic E-state index is 0.00130. The van der Waals surface area contributed by atoms with Crippen LogP contribution in [-0.4, -0.2) is 42.6 Å². The summed E-state index contributed by atoms with van der Waals surface area (Å²) in [7, 11) is 0. The maximum atomic E-state index is 12.3. The number of hydrogen-bond acceptors (Lipinski definition) is 4. The third-order valence-corrected chi connectivity index (χ3v) is 3.64. The first-order valence-electron chi connectivity index (χ1n) is 6.67. The van der Waals surface area contributed by atoms with E-state index in [2.05, 4.69) is 0 Å². The molecular formula is C14H18N2O3. The number of nitrogens with zero attached hydrogens (tertiary/aromatic N) is 1. The van der Waals surface area contributed by atoms with E-state index in [9.17, 15) is 4.79 Å². The lowest BCUT2D eigenvalue weighted by Gasteiger charge is -2.34. The van der Waals surface area contributed by atoms with E-state index >= 15 is 0 Å². The number of benzene rings is 1. The summed E-state index contributed by atoms with van der Waals surface area (Å²) in [6, 6.07) is 7.63. The number of hydrogen-bond donors (Lipinski definition) is 1. The second kappa shape index (κ2) is 5.09. The van der Waals surface area contributed by atoms with E-state index in [-0.39, 0.29) is 18.6 Å². The number of carbonyl (C=O) groups is 1. The topological polar surface area (TPSA) is 64.8 Å². The number of piperidine rings is 1. The molecule has 5 heteroatoms. The third-order valence-electron chi connectivity index (χ3n) is 3.64. The number of rotatable bonds is 1. The molecule has 19 heavy (non-hydrogen) atoms. The van der Waals surface area contributed by atoms with Crippen molar-refractivity contribution in [1.29, 1.82) is 0 Å². The molecule has 0 radical (unpaired) electrons. The van der Waals surface area contributed by atoms with Crippen molar-refractivity contribution >= 4 is 5.91 Å². The van der Waals surface area contributed by atoms with E-state index in [0.717, 1.165) is 12.8 Å². The molecule has 2 heterocycles. The molecule has 0 aliphatic carbocycles. The Morgan fingerprint density at radius 3 is 2.63 bits per heavy atom. The Balaban J connectivity index is 1.66. The van der Waals surface area contributed by atoms with Crippen LogP contribution in [0.5, 0.6) is 11.5 Å². The first-order chi connectivity index (χ1) is 9.24. The Hall–Kier alpha value is -1.75. The van der Waals surface area contributed by atoms with Gasteiger partial charge in [0, 0.05) is 19.1 Å². The van der Waals surface area contributed by atoms with Crippen LogP contribution in [0.15, 0.2) is 24.3 Å². The standard InChI is InChI=1S/C14H18N2O3/c15-10-5-7-16(8-6-10)14(17)13-9-18-11-3-1-2-4-12(11)19-13/h1-4,10,13H,5-9,15H2/t13-/m1/s1. The lowest BCUT2D eigenvalue weighted by molar-refractivity contribution is -0.142. The molecule has 5 nitrogen and oxygen atoms in total. The monoisotopic (exact) mass is 262 g/mol. The van der Waals surface area contributed by atoms with Crippen molar-refractivity contribution in [3.63, 3.8) is 0 Å². The molecule has 1 aromatic carbocycles. The number of para-hydroxylation sites is 2. The Bertz CT molecular complexity index is 470. The highest BCUT2D eigenvalue weighted by molar-refractivity contribution is 5.82. The van der Waals surface area contributed by atoms with Crippen LogP contribution in [0.2, 0.25) is 0 Å². The van der Waals surface area contributed by atoms with E-state index in [1.54, 1.807) is 0 Å². The molecule has 1 aromatic rings. The fourth-order valence-corrected chi connectivity index (χ4v) is 2.46. The average Bonchev–Trinajstić information content (AvgIpc) is 2.47. The van der Waals surface area contributed by atoms with Crippen LogP contribution in [0.1, 0.15) is 12.8 Å². The fourth-order valence-electron chi connectivity index (χ4n) is 2.46. The zero-order chi connectivity index (χ0) is 13.2. The summed E-state index contributed by atoms with van der Waals surface area (Å²) >= 11 is 0. The average molecular weight is 262 g/mol. The molecule has 0 saturated carbocycles. The molecule has 1 amide bonds. The SMILES string of the molecule is NC1CCN(C(=O)[C@H]2COc3ccccc3O2)CC1. The summed E-state index contributed by atoms with van der Waals surface area (Å²) in [4.78, 5) is 14.2. The number of nitrogens with two attached hydrogens (primary N) is 1. The van der Waals surface area contributed by atoms with Gasteiger partial charge in [0.15, 0.2) is 11.5 Å². The number of amides is 1. The second-order valence-electron chi connectivity index (χ2n) is 5.03. The van der Waals surface area contributed by atoms with Gasteiger partial charge in [-0.05, 0) is 25.0 Å². The quantitative estimate of drug-likeness (QED) is 0.812. The van der Waals surface area contributed by atoms with Crippen LogP contribution >= 0.6 is 0 Å². The summed E-state index contributed by atoms with van der Waals surface area (Å²) in [6.07, 6.45) is 1.18. The van der Waals surface area contributed by atoms with Gasteiger partial charge < -0.3 is 20.1 Å². The Morgan fingerprint density at radius 2 is 1.89 bits per heavy atom. The van der Waals surface area contributed by atoms with E-state index in [1.807, 2.05) is 29.2 Å². The highest BCUT2D eigenvalue weighted by Gasteiger charge is 2.32. The molecule has 0 unspecified atom stereocenters. The van der Waals surface area contributed by atoms with Crippen molar-refractivity contribution in [2.45, 2.75) is 25.0 Å². The van der Waals surface area contributed by atoms with Crippen molar-refractivity contribution < 1.29 is 14.3 Å². The van der Waals surface area contributed by atoms with Gasteiger partial charge in [-0.3, -0.25) is 4.79 Å². The summed E-state index contributed by atoms with van der Waals surface area (Å²) in [5.41, 5.74) is 5.84. The van der Waals surface area contributed by atoms with Crippen molar-refractivity contribution in [3.8, 4) is 11.5 Å². The summed E-state index contributed by atoms with van der Waals surface area (Å²) in [5.74, 6) is 1.34. The van der Waals surface area contributed by atoms with Gasteiger partial charge in [0.1, 0.15) is 6.61 Å². The molecule has 0 aromatic heterocycles. The van der Waals surface area contributed by atoms with Gasteiger partial charge in [0.2, 0.25) is 6.10 Å². The molecule has 1 fully saturated rings. The normalized spacial score (nSPS) is 23.2. The van der Waals surface area contributed by atoms with E-state index in [1.165, 1.54) is 0 Å². The van der Waals surface area contributed by atoms with Gasteiger partial charge >= 0.3 is 0 Å². The van der Waals surface area contributed by atoms with Crippen LogP contribution in [0, 0.1) is 0 Å². The Labute approximate surface area is 112 Å². The van der Waals surface area contributed by atoms with Gasteiger partial charge in [-0.15, -0.1) is 0 Å². The van der Waals surface area contributed by atoms with Gasteiger partial charge in [0.05, 0.1) is 0 Å². The number of likely N-dealkylation sites (tertiary alicyclic amines) is 1. The molecule has 2 aliphatic rings. The molecule has 1 saturated heterocycles. The predicted octanol–water partition coefficient (Wildman–Crippen LogP) is 0.776. The van der Waals surface area contributed by atoms with E-state index in [4.69, 9.17) is 15.2 Å². The first kappa shape index (κ1) is 12.3. The molecule has 2 N–H and O–H groups in total. The Kier molecular flexibility index (Phi) is 3.29. The summed E-state index contributed by atoms with van der Waals surface area (Å²) < 4.78 is 11.3. The van der Waals surface area contributed by atoms with Crippen LogP contribution in [0.25, 0.3) is 0 Å². The minimum atomic E-state index is -0.538. The van der Waals surface area contributed by atoms with Crippen molar-refractivity contribution in [2.75, 3.05) is 19.7 Å². The Morgan fingerprint density at radius 1 is 1.21 bits per heavy atom. The van der Waals surface area contributed by atoms with Crippen LogP contribution in [-0.2, 0) is 4.79 Å². The largest absolute Gasteiger partial charge is 0.485 e. The van der Waals surface area contributed by atoms with Gasteiger partial charge in [0.25, 0.3) is 5.91 Å². The van der Waals surface area contributed by atoms with Crippen molar-refractivity contribution in [3.05, 3.63) is 24.3 Å². The van der Waals surface area contributed by atoms with Crippen LogP contribution < -0.4 is 15.2 Å². The van der Waals surface area contributed by atoms with Gasteiger partial charge in [-0.25, -0.2) is 0 Å². The molecule has 3 rings (SSSR count). The van der Waals surface area contributed by atoms with Crippen LogP contribution in [0.3, 0.4) is 0 Å². The second-order valence-corrected chi connectivity index (χ2v) is 5.03. The maximum absolute atomic E-state index is 12.3. The van der Waals surface area contributed by atoms with Gasteiger partial charge in [-0.1, -0.05) is 12.1 Å². The maximum Gasteiger partial charge on any atom is 0.267 e. The lowest BCUT2D eigenvalue weighted by atomic mass is 10.1. The molecule has 0 spiro atoms. The number of fused-ring (bicyclic) bond motifs is 1. The van der Waals surface area contributed by atoms with Crippen molar-refractivity contribution in [1.82, 2.24) is 4.90 Å². The first-order valence-corrected chi connectivity index (χ1v) is 6.67. The van der Waals surface area contributed by atoms with Crippen LogP contribution in [0.4, 0.5) is 0 Å². The zero-order valence-corrected chi connectivity index (χ0v) is 10.7. The highest BCUT2D eigenvalue weighted by Crippen LogP contribution is 2.31. The summed E-state index contributed by atoms with van der Waals surface area (Å²) in [6.45, 7) is 1.70. The number of ether oxygens (including phenoxy) is 2. The summed E-state index contributed by atoms with van der Waals surface area (Å²) in [5, 5.41) is 0. The third kappa shape index (κ3) is 2.51. The molecule has 102 valence electrons. The smallest absolute Gasteiger partial charge is 0.267 e. The highest BCUT2D eigenvalue weighted by atomic mass is 16.6. The molecular weight excluding hydrogens is 244 g/mol. The molecule has 1 atom stereocenters. The zero-order valence-electron chi connectivity index (χ0n) is 10.7.